The van der Waals surface area contributed by atoms with E-state index in [2.05, 4.69) is 98.8 Å². The normalized spacial score (nSPS) is 12.8. The third kappa shape index (κ3) is 2.23. The number of rotatable bonds is 2. The number of aryl methyl sites for hydroxylation is 2. The van der Waals surface area contributed by atoms with Crippen LogP contribution in [0.3, 0.4) is 0 Å². The molecule has 4 aromatic carbocycles. The summed E-state index contributed by atoms with van der Waals surface area (Å²) in [6, 6.07) is 31.2. The van der Waals surface area contributed by atoms with Crippen LogP contribution in [0, 0.1) is 13.8 Å². The molecule has 0 amide bonds. The van der Waals surface area contributed by atoms with Gasteiger partial charge in [-0.25, -0.2) is 0 Å². The Bertz CT molecular complexity index is 1070. The van der Waals surface area contributed by atoms with E-state index in [1.165, 1.54) is 55.3 Å². The molecule has 0 atom stereocenters. The zero-order valence-electron chi connectivity index (χ0n) is 15.1. The smallest absolute Gasteiger partial charge is 0.00201 e. The summed E-state index contributed by atoms with van der Waals surface area (Å²) in [6.45, 7) is 4.28. The molecule has 0 heterocycles. The number of hydrogen-bond acceptors (Lipinski definition) is 0. The van der Waals surface area contributed by atoms with Gasteiger partial charge in [-0.15, -0.1) is 0 Å². The van der Waals surface area contributed by atoms with Crippen LogP contribution in [0.25, 0.3) is 21.9 Å². The Labute approximate surface area is 154 Å². The fourth-order valence-corrected chi connectivity index (χ4v) is 4.07. The molecular weight excluding hydrogens is 312 g/mol. The molecule has 1 aliphatic carbocycles. The summed E-state index contributed by atoms with van der Waals surface area (Å²) in [4.78, 5) is 0. The van der Waals surface area contributed by atoms with Crippen molar-refractivity contribution in [3.8, 4) is 0 Å². The summed E-state index contributed by atoms with van der Waals surface area (Å²) in [5, 5.41) is 2.69. The van der Waals surface area contributed by atoms with Crippen molar-refractivity contribution in [2.45, 2.75) is 13.8 Å². The maximum atomic E-state index is 2.27. The highest BCUT2D eigenvalue weighted by Crippen LogP contribution is 2.47. The second-order valence-electron chi connectivity index (χ2n) is 7.19. The average Bonchev–Trinajstić information content (AvgIpc) is 3.00. The SMILES string of the molecule is Cc1ccc(C2=C(c3ccc(C)cc3)c3cccc4cccc2c34)cc1. The van der Waals surface area contributed by atoms with E-state index in [1.54, 1.807) is 0 Å². The van der Waals surface area contributed by atoms with Crippen molar-refractivity contribution in [1.29, 1.82) is 0 Å². The molecule has 1 aliphatic rings. The first-order valence-corrected chi connectivity index (χ1v) is 9.13. The summed E-state index contributed by atoms with van der Waals surface area (Å²) in [5.41, 5.74) is 10.5. The summed E-state index contributed by atoms with van der Waals surface area (Å²) in [6.07, 6.45) is 0. The summed E-state index contributed by atoms with van der Waals surface area (Å²) in [5.74, 6) is 0. The third-order valence-corrected chi connectivity index (χ3v) is 5.37. The first kappa shape index (κ1) is 15.2. The van der Waals surface area contributed by atoms with Crippen molar-refractivity contribution in [1.82, 2.24) is 0 Å². The highest BCUT2D eigenvalue weighted by Gasteiger charge is 2.25. The van der Waals surface area contributed by atoms with Gasteiger partial charge in [0.05, 0.1) is 0 Å². The van der Waals surface area contributed by atoms with Gasteiger partial charge in [0.2, 0.25) is 0 Å². The fourth-order valence-electron chi connectivity index (χ4n) is 4.07. The monoisotopic (exact) mass is 332 g/mol. The molecule has 5 rings (SSSR count). The van der Waals surface area contributed by atoms with Gasteiger partial charge in [-0.3, -0.25) is 0 Å². The third-order valence-electron chi connectivity index (χ3n) is 5.37. The minimum absolute atomic E-state index is 1.29. The molecule has 0 aromatic heterocycles. The van der Waals surface area contributed by atoms with Crippen molar-refractivity contribution in [2.75, 3.05) is 0 Å². The Kier molecular flexibility index (Phi) is 3.33. The predicted molar refractivity (Wildman–Crippen MR) is 111 cm³/mol. The van der Waals surface area contributed by atoms with Gasteiger partial charge in [0, 0.05) is 0 Å². The standard InChI is InChI=1S/C26H20/c1-17-9-13-20(14-10-17)25-22-7-3-5-19-6-4-8-23(24(19)22)26(25)21-15-11-18(2)12-16-21/h3-16H,1-2H3. The lowest BCUT2D eigenvalue weighted by Gasteiger charge is -2.11. The first-order valence-electron chi connectivity index (χ1n) is 9.13. The lowest BCUT2D eigenvalue weighted by molar-refractivity contribution is 1.44. The maximum absolute atomic E-state index is 2.27. The lowest BCUT2D eigenvalue weighted by atomic mass is 9.92. The van der Waals surface area contributed by atoms with E-state index in [0.717, 1.165) is 0 Å². The minimum atomic E-state index is 1.29. The lowest BCUT2D eigenvalue weighted by Crippen LogP contribution is -1.91. The van der Waals surface area contributed by atoms with E-state index in [0.29, 0.717) is 0 Å². The minimum Gasteiger partial charge on any atom is -0.0610 e. The molecule has 0 heteroatoms. The molecule has 0 nitrogen and oxygen atoms in total. The van der Waals surface area contributed by atoms with E-state index in [9.17, 15) is 0 Å². The van der Waals surface area contributed by atoms with Crippen molar-refractivity contribution in [3.63, 3.8) is 0 Å². The van der Waals surface area contributed by atoms with Crippen LogP contribution < -0.4 is 0 Å². The van der Waals surface area contributed by atoms with E-state index in [4.69, 9.17) is 0 Å². The summed E-state index contributed by atoms with van der Waals surface area (Å²) in [7, 11) is 0. The van der Waals surface area contributed by atoms with Crippen molar-refractivity contribution in [2.24, 2.45) is 0 Å². The molecule has 4 aromatic rings. The molecule has 0 saturated heterocycles. The highest BCUT2D eigenvalue weighted by molar-refractivity contribution is 6.20. The maximum Gasteiger partial charge on any atom is -0.00201 e. The molecule has 0 N–H and O–H groups in total. The quantitative estimate of drug-likeness (QED) is 0.334. The number of hydrogen-bond donors (Lipinski definition) is 0. The van der Waals surface area contributed by atoms with Crippen molar-refractivity contribution in [3.05, 3.63) is 118 Å². The van der Waals surface area contributed by atoms with Gasteiger partial charge >= 0.3 is 0 Å². The first-order chi connectivity index (χ1) is 12.7. The van der Waals surface area contributed by atoms with Crippen LogP contribution in [0.2, 0.25) is 0 Å². The molecule has 0 bridgehead atoms. The molecule has 124 valence electrons. The van der Waals surface area contributed by atoms with Crippen LogP contribution in [0.1, 0.15) is 33.4 Å². The van der Waals surface area contributed by atoms with Crippen LogP contribution in [-0.2, 0) is 0 Å². The average molecular weight is 332 g/mol. The Hall–Kier alpha value is -3.12. The molecule has 0 aliphatic heterocycles. The van der Waals surface area contributed by atoms with Gasteiger partial charge in [0.1, 0.15) is 0 Å². The van der Waals surface area contributed by atoms with Crippen molar-refractivity contribution < 1.29 is 0 Å². The van der Waals surface area contributed by atoms with Gasteiger partial charge in [-0.2, -0.15) is 0 Å². The van der Waals surface area contributed by atoms with E-state index >= 15 is 0 Å². The van der Waals surface area contributed by atoms with Crippen LogP contribution >= 0.6 is 0 Å². The van der Waals surface area contributed by atoms with Crippen molar-refractivity contribution >= 4 is 21.9 Å². The molecule has 0 saturated carbocycles. The van der Waals surface area contributed by atoms with Gasteiger partial charge in [0.15, 0.2) is 0 Å². The topological polar surface area (TPSA) is 0 Å². The Morgan fingerprint density at radius 3 is 1.31 bits per heavy atom. The Balaban J connectivity index is 1.88. The van der Waals surface area contributed by atoms with Gasteiger partial charge < -0.3 is 0 Å². The molecule has 0 radical (unpaired) electrons. The van der Waals surface area contributed by atoms with Gasteiger partial charge in [-0.05, 0) is 58.0 Å². The van der Waals surface area contributed by atoms with Crippen LogP contribution in [-0.4, -0.2) is 0 Å². The predicted octanol–water partition coefficient (Wildman–Crippen LogP) is 6.78. The molecule has 0 unspecified atom stereocenters. The van der Waals surface area contributed by atoms with Crippen LogP contribution in [0.4, 0.5) is 0 Å². The van der Waals surface area contributed by atoms with E-state index in [1.807, 2.05) is 0 Å². The van der Waals surface area contributed by atoms with Gasteiger partial charge in [0.25, 0.3) is 0 Å². The molecule has 0 spiro atoms. The van der Waals surface area contributed by atoms with E-state index in [-0.39, 0.29) is 0 Å². The van der Waals surface area contributed by atoms with Crippen LogP contribution in [0.15, 0.2) is 84.9 Å². The zero-order chi connectivity index (χ0) is 17.7. The second-order valence-corrected chi connectivity index (χ2v) is 7.19. The van der Waals surface area contributed by atoms with E-state index < -0.39 is 0 Å². The van der Waals surface area contributed by atoms with Gasteiger partial charge in [-0.1, -0.05) is 96.1 Å². The molecule has 0 fully saturated rings. The molecule has 26 heavy (non-hydrogen) atoms. The van der Waals surface area contributed by atoms with Crippen LogP contribution in [0.5, 0.6) is 0 Å². The zero-order valence-corrected chi connectivity index (χ0v) is 15.1. The highest BCUT2D eigenvalue weighted by atomic mass is 14.3. The summed E-state index contributed by atoms with van der Waals surface area (Å²) >= 11 is 0. The largest absolute Gasteiger partial charge is 0.0610 e. The summed E-state index contributed by atoms with van der Waals surface area (Å²) < 4.78 is 0. The second kappa shape index (κ2) is 5.71. The fraction of sp³-hybridized carbons (Fsp3) is 0.0769. The Morgan fingerprint density at radius 2 is 0.885 bits per heavy atom. The Morgan fingerprint density at radius 1 is 0.462 bits per heavy atom. The number of benzene rings is 4. The molecular formula is C26H20.